The quantitative estimate of drug-likeness (QED) is 0.786. The van der Waals surface area contributed by atoms with Gasteiger partial charge in [-0.3, -0.25) is 0 Å². The largest absolute Gasteiger partial charge is 0.507 e. The van der Waals surface area contributed by atoms with Gasteiger partial charge in [0, 0.05) is 0 Å². The van der Waals surface area contributed by atoms with Crippen LogP contribution < -0.4 is 0 Å². The number of carbonyl (C=O) groups is 2. The number of hydrogen-bond donors (Lipinski definition) is 3. The van der Waals surface area contributed by atoms with Gasteiger partial charge < -0.3 is 15.3 Å². The summed E-state index contributed by atoms with van der Waals surface area (Å²) in [5.74, 6) is -2.62. The Morgan fingerprint density at radius 3 is 2.11 bits per heavy atom. The number of benzene rings is 2. The third-order valence-corrected chi connectivity index (χ3v) is 2.67. The van der Waals surface area contributed by atoms with E-state index in [1.54, 1.807) is 12.1 Å². The van der Waals surface area contributed by atoms with Crippen molar-refractivity contribution in [1.82, 2.24) is 0 Å². The maximum absolute atomic E-state index is 10.9. The Morgan fingerprint density at radius 2 is 1.53 bits per heavy atom. The van der Waals surface area contributed by atoms with E-state index in [-0.39, 0.29) is 16.9 Å². The van der Waals surface area contributed by atoms with E-state index in [0.29, 0.717) is 11.1 Å². The molecule has 0 radical (unpaired) electrons. The predicted molar refractivity (Wildman–Crippen MR) is 67.5 cm³/mol. The van der Waals surface area contributed by atoms with Crippen molar-refractivity contribution < 1.29 is 24.9 Å². The summed E-state index contributed by atoms with van der Waals surface area (Å²) >= 11 is 0. The molecule has 0 aliphatic carbocycles. The summed E-state index contributed by atoms with van der Waals surface area (Å²) < 4.78 is 0. The summed E-state index contributed by atoms with van der Waals surface area (Å²) in [4.78, 5) is 21.6. The highest BCUT2D eigenvalue weighted by atomic mass is 16.4. The number of aromatic hydroxyl groups is 1. The molecule has 0 aliphatic rings. The first kappa shape index (κ1) is 12.6. The molecule has 0 saturated heterocycles. The van der Waals surface area contributed by atoms with Gasteiger partial charge in [0.2, 0.25) is 0 Å². The lowest BCUT2D eigenvalue weighted by molar-refractivity contribution is 0.0684. The van der Waals surface area contributed by atoms with Crippen LogP contribution in [-0.4, -0.2) is 27.3 Å². The number of hydrogen-bond acceptors (Lipinski definition) is 3. The van der Waals surface area contributed by atoms with E-state index < -0.39 is 11.9 Å². The molecular formula is C14H10O5. The minimum absolute atomic E-state index is 0.124. The fourth-order valence-corrected chi connectivity index (χ4v) is 1.72. The second-order valence-corrected chi connectivity index (χ2v) is 3.92. The van der Waals surface area contributed by atoms with Gasteiger partial charge in [0.25, 0.3) is 0 Å². The van der Waals surface area contributed by atoms with Crippen LogP contribution in [0.2, 0.25) is 0 Å². The fourth-order valence-electron chi connectivity index (χ4n) is 1.72. The van der Waals surface area contributed by atoms with Gasteiger partial charge in [-0.15, -0.1) is 0 Å². The summed E-state index contributed by atoms with van der Waals surface area (Å²) in [7, 11) is 0. The Hall–Kier alpha value is -2.82. The Kier molecular flexibility index (Phi) is 3.20. The van der Waals surface area contributed by atoms with Gasteiger partial charge >= 0.3 is 11.9 Å². The van der Waals surface area contributed by atoms with E-state index in [4.69, 9.17) is 10.2 Å². The van der Waals surface area contributed by atoms with Gasteiger partial charge in [0.05, 0.1) is 5.56 Å². The molecule has 0 spiro atoms. The molecular weight excluding hydrogens is 248 g/mol. The van der Waals surface area contributed by atoms with Crippen molar-refractivity contribution in [2.75, 3.05) is 0 Å². The van der Waals surface area contributed by atoms with Crippen molar-refractivity contribution in [3.63, 3.8) is 0 Å². The lowest BCUT2D eigenvalue weighted by atomic mass is 10.0. The highest BCUT2D eigenvalue weighted by Gasteiger charge is 2.11. The maximum Gasteiger partial charge on any atom is 0.339 e. The van der Waals surface area contributed by atoms with Crippen molar-refractivity contribution in [1.29, 1.82) is 0 Å². The molecule has 5 heteroatoms. The van der Waals surface area contributed by atoms with Crippen molar-refractivity contribution in [3.8, 4) is 16.9 Å². The van der Waals surface area contributed by atoms with E-state index >= 15 is 0 Å². The average Bonchev–Trinajstić information content (AvgIpc) is 2.38. The highest BCUT2D eigenvalue weighted by Crippen LogP contribution is 2.27. The van der Waals surface area contributed by atoms with Gasteiger partial charge in [-0.2, -0.15) is 0 Å². The number of phenols is 1. The number of carboxylic acids is 2. The van der Waals surface area contributed by atoms with Gasteiger partial charge in [-0.25, -0.2) is 9.59 Å². The monoisotopic (exact) mass is 258 g/mol. The smallest absolute Gasteiger partial charge is 0.339 e. The average molecular weight is 258 g/mol. The van der Waals surface area contributed by atoms with Crippen LogP contribution in [0.15, 0.2) is 42.5 Å². The van der Waals surface area contributed by atoms with Crippen LogP contribution in [0.3, 0.4) is 0 Å². The van der Waals surface area contributed by atoms with Crippen LogP contribution in [0.5, 0.6) is 5.75 Å². The minimum atomic E-state index is -1.22. The summed E-state index contributed by atoms with van der Waals surface area (Å²) in [5, 5.41) is 27.3. The second-order valence-electron chi connectivity index (χ2n) is 3.92. The van der Waals surface area contributed by atoms with Gasteiger partial charge in [-0.1, -0.05) is 18.2 Å². The molecule has 2 aromatic rings. The van der Waals surface area contributed by atoms with Gasteiger partial charge in [0.15, 0.2) is 0 Å². The third kappa shape index (κ3) is 2.55. The Morgan fingerprint density at radius 1 is 0.842 bits per heavy atom. The zero-order chi connectivity index (χ0) is 14.0. The van der Waals surface area contributed by atoms with Crippen molar-refractivity contribution in [2.45, 2.75) is 0 Å². The van der Waals surface area contributed by atoms with E-state index in [1.807, 2.05) is 0 Å². The predicted octanol–water partition coefficient (Wildman–Crippen LogP) is 2.46. The molecule has 2 rings (SSSR count). The Balaban J connectivity index is 2.48. The molecule has 0 bridgehead atoms. The van der Waals surface area contributed by atoms with E-state index in [1.165, 1.54) is 30.3 Å². The zero-order valence-corrected chi connectivity index (χ0v) is 9.70. The van der Waals surface area contributed by atoms with Crippen LogP contribution in [0.25, 0.3) is 11.1 Å². The number of rotatable bonds is 3. The summed E-state index contributed by atoms with van der Waals surface area (Å²) in [5.41, 5.74) is 1.06. The number of aromatic carboxylic acids is 2. The molecule has 0 aliphatic heterocycles. The third-order valence-electron chi connectivity index (χ3n) is 2.67. The number of carboxylic acid groups (broad SMARTS) is 2. The molecule has 0 unspecified atom stereocenters. The molecule has 0 aromatic heterocycles. The molecule has 5 nitrogen and oxygen atoms in total. The van der Waals surface area contributed by atoms with E-state index in [0.717, 1.165) is 0 Å². The highest BCUT2D eigenvalue weighted by molar-refractivity contribution is 5.92. The van der Waals surface area contributed by atoms with E-state index in [2.05, 4.69) is 0 Å². The zero-order valence-electron chi connectivity index (χ0n) is 9.70. The van der Waals surface area contributed by atoms with Crippen LogP contribution in [0.1, 0.15) is 20.7 Å². The van der Waals surface area contributed by atoms with Crippen LogP contribution in [-0.2, 0) is 0 Å². The van der Waals surface area contributed by atoms with Crippen LogP contribution in [0.4, 0.5) is 0 Å². The molecule has 0 saturated carbocycles. The lowest BCUT2D eigenvalue weighted by Crippen LogP contribution is -1.97. The normalized spacial score (nSPS) is 10.1. The summed E-state index contributed by atoms with van der Waals surface area (Å²) in [6.45, 7) is 0. The van der Waals surface area contributed by atoms with Crippen LogP contribution >= 0.6 is 0 Å². The first-order chi connectivity index (χ1) is 8.99. The molecule has 0 atom stereocenters. The molecule has 0 heterocycles. The minimum Gasteiger partial charge on any atom is -0.507 e. The SMILES string of the molecule is O=C(O)c1cccc(-c2ccc(C(=O)O)c(O)c2)c1. The second kappa shape index (κ2) is 4.81. The first-order valence-electron chi connectivity index (χ1n) is 5.39. The van der Waals surface area contributed by atoms with Crippen molar-refractivity contribution in [3.05, 3.63) is 53.6 Å². The molecule has 3 N–H and O–H groups in total. The standard InChI is InChI=1S/C14H10O5/c15-12-7-9(4-5-11(12)14(18)19)8-2-1-3-10(6-8)13(16)17/h1-7,15H,(H,16,17)(H,18,19). The summed E-state index contributed by atoms with van der Waals surface area (Å²) in [6.07, 6.45) is 0. The molecule has 2 aromatic carbocycles. The fraction of sp³-hybridized carbons (Fsp3) is 0. The topological polar surface area (TPSA) is 94.8 Å². The Bertz CT molecular complexity index is 661. The van der Waals surface area contributed by atoms with Crippen molar-refractivity contribution in [2.24, 2.45) is 0 Å². The molecule has 19 heavy (non-hydrogen) atoms. The molecule has 0 amide bonds. The van der Waals surface area contributed by atoms with Crippen molar-refractivity contribution >= 4 is 11.9 Å². The molecule has 0 fully saturated rings. The van der Waals surface area contributed by atoms with E-state index in [9.17, 15) is 14.7 Å². The summed E-state index contributed by atoms with van der Waals surface area (Å²) in [6, 6.07) is 10.3. The van der Waals surface area contributed by atoms with Gasteiger partial charge in [-0.05, 0) is 35.4 Å². The maximum atomic E-state index is 10.9. The Labute approximate surface area is 108 Å². The first-order valence-corrected chi connectivity index (χ1v) is 5.39. The molecule has 96 valence electrons. The van der Waals surface area contributed by atoms with Crippen LogP contribution in [0, 0.1) is 0 Å². The van der Waals surface area contributed by atoms with Gasteiger partial charge in [0.1, 0.15) is 11.3 Å². The lowest BCUT2D eigenvalue weighted by Gasteiger charge is -2.05.